The number of piperidine rings is 1. The number of nitrogens with zero attached hydrogens (tertiary/aromatic N) is 3. The number of amides is 1. The van der Waals surface area contributed by atoms with Gasteiger partial charge >= 0.3 is 12.4 Å². The lowest BCUT2D eigenvalue weighted by Gasteiger charge is -2.38. The number of halogens is 3. The third kappa shape index (κ3) is 8.71. The van der Waals surface area contributed by atoms with Gasteiger partial charge in [-0.3, -0.25) is 4.79 Å². The molecule has 14 heteroatoms. The standard InChI is InChI=1S/C30H40F3N5O6/c1-40-26-18-42-15-12-23(26)35-20-10-13-38(14-11-20)28(39)24-16-27(37-29(36-24)41-2)34-17-22-4-3-5-25(43-22)19-6-8-21(9-7-19)44-30(31,32)33/h6-9,16,20,22-23,25-26,35H,3-5,10-15,17-18H2,1-2H3,(H,34,36,37)/t22?,23-,25+,26+/m1/s1. The largest absolute Gasteiger partial charge is 0.573 e. The molecule has 44 heavy (non-hydrogen) atoms. The van der Waals surface area contributed by atoms with Gasteiger partial charge in [-0.15, -0.1) is 13.2 Å². The molecule has 3 fully saturated rings. The number of anilines is 1. The van der Waals surface area contributed by atoms with Crippen LogP contribution in [-0.2, 0) is 14.2 Å². The van der Waals surface area contributed by atoms with Crippen molar-refractivity contribution in [3.05, 3.63) is 41.6 Å². The zero-order chi connectivity index (χ0) is 31.1. The molecule has 1 unspecified atom stereocenters. The summed E-state index contributed by atoms with van der Waals surface area (Å²) >= 11 is 0. The van der Waals surface area contributed by atoms with Crippen molar-refractivity contribution in [2.45, 2.75) is 75.3 Å². The monoisotopic (exact) mass is 623 g/mol. The number of ether oxygens (including phenoxy) is 5. The highest BCUT2D eigenvalue weighted by atomic mass is 19.4. The lowest BCUT2D eigenvalue weighted by molar-refractivity contribution is -0.274. The lowest BCUT2D eigenvalue weighted by Crippen LogP contribution is -2.54. The van der Waals surface area contributed by atoms with Crippen LogP contribution in [0, 0.1) is 0 Å². The minimum absolute atomic E-state index is 0.0287. The van der Waals surface area contributed by atoms with Crippen LogP contribution in [0.3, 0.4) is 0 Å². The van der Waals surface area contributed by atoms with E-state index < -0.39 is 6.36 Å². The first-order chi connectivity index (χ1) is 21.2. The Balaban J connectivity index is 1.14. The first-order valence-corrected chi connectivity index (χ1v) is 15.0. The van der Waals surface area contributed by atoms with Crippen LogP contribution < -0.4 is 20.1 Å². The summed E-state index contributed by atoms with van der Waals surface area (Å²) in [5, 5.41) is 6.95. The van der Waals surface area contributed by atoms with Crippen LogP contribution in [0.4, 0.5) is 19.0 Å². The Kier molecular flexibility index (Phi) is 10.8. The number of carbonyl (C=O) groups excluding carboxylic acids is 1. The Morgan fingerprint density at radius 1 is 1.07 bits per heavy atom. The summed E-state index contributed by atoms with van der Waals surface area (Å²) in [6.07, 6.45) is -0.136. The van der Waals surface area contributed by atoms with E-state index in [0.29, 0.717) is 44.7 Å². The fraction of sp³-hybridized carbons (Fsp3) is 0.633. The normalized spacial score (nSPS) is 25.0. The van der Waals surface area contributed by atoms with Crippen LogP contribution in [0.5, 0.6) is 11.8 Å². The van der Waals surface area contributed by atoms with Gasteiger partial charge in [0, 0.05) is 51.5 Å². The van der Waals surface area contributed by atoms with E-state index in [-0.39, 0.29) is 47.7 Å². The number of hydrogen-bond acceptors (Lipinski definition) is 10. The molecule has 0 aliphatic carbocycles. The molecule has 2 aromatic rings. The van der Waals surface area contributed by atoms with E-state index in [9.17, 15) is 18.0 Å². The highest BCUT2D eigenvalue weighted by Crippen LogP contribution is 2.33. The van der Waals surface area contributed by atoms with Crippen molar-refractivity contribution < 1.29 is 41.7 Å². The molecule has 242 valence electrons. The molecule has 11 nitrogen and oxygen atoms in total. The predicted octanol–water partition coefficient (Wildman–Crippen LogP) is 4.10. The topological polar surface area (TPSA) is 116 Å². The van der Waals surface area contributed by atoms with Gasteiger partial charge in [0.2, 0.25) is 0 Å². The number of benzene rings is 1. The summed E-state index contributed by atoms with van der Waals surface area (Å²) in [4.78, 5) is 23.9. The molecule has 5 rings (SSSR count). The zero-order valence-corrected chi connectivity index (χ0v) is 25.0. The summed E-state index contributed by atoms with van der Waals surface area (Å²) in [5.74, 6) is -0.00390. The van der Waals surface area contributed by atoms with Crippen LogP contribution in [0.1, 0.15) is 60.7 Å². The number of likely N-dealkylation sites (tertiary alicyclic amines) is 1. The third-order valence-electron chi connectivity index (χ3n) is 8.29. The van der Waals surface area contributed by atoms with Crippen molar-refractivity contribution in [2.24, 2.45) is 0 Å². The zero-order valence-electron chi connectivity index (χ0n) is 25.0. The lowest BCUT2D eigenvalue weighted by atomic mass is 9.98. The molecule has 2 N–H and O–H groups in total. The average molecular weight is 624 g/mol. The highest BCUT2D eigenvalue weighted by molar-refractivity contribution is 5.93. The molecule has 4 heterocycles. The fourth-order valence-corrected chi connectivity index (χ4v) is 5.96. The Morgan fingerprint density at radius 3 is 2.55 bits per heavy atom. The van der Waals surface area contributed by atoms with E-state index >= 15 is 0 Å². The molecule has 1 aromatic carbocycles. The SMILES string of the molecule is COc1nc(NCC2CCC[C@@H](c3ccc(OC(F)(F)F)cc3)O2)cc(C(=O)N2CCC(N[C@@H]3CCOC[C@@H]3OC)CC2)n1. The molecule has 0 saturated carbocycles. The van der Waals surface area contributed by atoms with Gasteiger partial charge in [0.1, 0.15) is 17.3 Å². The van der Waals surface area contributed by atoms with Gasteiger partial charge in [0.15, 0.2) is 0 Å². The molecule has 4 atom stereocenters. The first-order valence-electron chi connectivity index (χ1n) is 15.0. The molecule has 0 bridgehead atoms. The van der Waals surface area contributed by atoms with E-state index in [4.69, 9.17) is 18.9 Å². The van der Waals surface area contributed by atoms with E-state index in [1.54, 1.807) is 30.2 Å². The number of carbonyl (C=O) groups is 1. The van der Waals surface area contributed by atoms with Gasteiger partial charge in [0.25, 0.3) is 5.91 Å². The Hall–Kier alpha value is -3.20. The summed E-state index contributed by atoms with van der Waals surface area (Å²) in [6.45, 7) is 2.93. The highest BCUT2D eigenvalue weighted by Gasteiger charge is 2.32. The maximum atomic E-state index is 13.4. The van der Waals surface area contributed by atoms with Crippen LogP contribution in [0.2, 0.25) is 0 Å². The Bertz CT molecular complexity index is 1230. The van der Waals surface area contributed by atoms with E-state index in [1.165, 1.54) is 19.2 Å². The van der Waals surface area contributed by atoms with Crippen LogP contribution in [0.15, 0.2) is 30.3 Å². The molecule has 0 spiro atoms. The summed E-state index contributed by atoms with van der Waals surface area (Å²) in [5.41, 5.74) is 1.03. The second-order valence-electron chi connectivity index (χ2n) is 11.3. The molecule has 3 aliphatic heterocycles. The van der Waals surface area contributed by atoms with Crippen molar-refractivity contribution in [1.82, 2.24) is 20.2 Å². The number of rotatable bonds is 10. The summed E-state index contributed by atoms with van der Waals surface area (Å²) in [6, 6.07) is 8.02. The number of methoxy groups -OCH3 is 2. The van der Waals surface area contributed by atoms with E-state index in [1.807, 2.05) is 0 Å². The maximum absolute atomic E-state index is 13.4. The molecular weight excluding hydrogens is 583 g/mol. The van der Waals surface area contributed by atoms with Gasteiger partial charge in [-0.25, -0.2) is 0 Å². The van der Waals surface area contributed by atoms with Gasteiger partial charge in [-0.1, -0.05) is 12.1 Å². The van der Waals surface area contributed by atoms with E-state index in [2.05, 4.69) is 25.3 Å². The third-order valence-corrected chi connectivity index (χ3v) is 8.29. The second-order valence-corrected chi connectivity index (χ2v) is 11.3. The van der Waals surface area contributed by atoms with Crippen molar-refractivity contribution in [3.63, 3.8) is 0 Å². The van der Waals surface area contributed by atoms with Crippen molar-refractivity contribution >= 4 is 11.7 Å². The molecule has 0 radical (unpaired) electrons. The fourth-order valence-electron chi connectivity index (χ4n) is 5.96. The van der Waals surface area contributed by atoms with Gasteiger partial charge < -0.3 is 39.2 Å². The number of aromatic nitrogens is 2. The van der Waals surface area contributed by atoms with Gasteiger partial charge in [-0.05, 0) is 56.2 Å². The van der Waals surface area contributed by atoms with Crippen LogP contribution >= 0.6 is 0 Å². The smallest absolute Gasteiger partial charge is 0.467 e. The molecule has 1 amide bonds. The molecule has 3 aliphatic rings. The number of nitrogens with one attached hydrogen (secondary N) is 2. The Labute approximate surface area is 254 Å². The van der Waals surface area contributed by atoms with Crippen molar-refractivity contribution in [1.29, 1.82) is 0 Å². The maximum Gasteiger partial charge on any atom is 0.573 e. The van der Waals surface area contributed by atoms with Crippen LogP contribution in [0.25, 0.3) is 0 Å². The minimum atomic E-state index is -4.73. The second kappa shape index (κ2) is 14.7. The Morgan fingerprint density at radius 2 is 1.84 bits per heavy atom. The van der Waals surface area contributed by atoms with Crippen LogP contribution in [-0.4, -0.2) is 98.5 Å². The molecule has 3 saturated heterocycles. The minimum Gasteiger partial charge on any atom is -0.467 e. The van der Waals surface area contributed by atoms with Gasteiger partial charge in [0.05, 0.1) is 32.0 Å². The van der Waals surface area contributed by atoms with E-state index in [0.717, 1.165) is 44.1 Å². The summed E-state index contributed by atoms with van der Waals surface area (Å²) in [7, 11) is 3.16. The molecule has 1 aromatic heterocycles. The molecular formula is C30H40F3N5O6. The van der Waals surface area contributed by atoms with Crippen molar-refractivity contribution in [3.8, 4) is 11.8 Å². The first kappa shape index (κ1) is 32.2. The number of alkyl halides is 3. The number of hydrogen-bond donors (Lipinski definition) is 2. The summed E-state index contributed by atoms with van der Waals surface area (Å²) < 4.78 is 64.1. The van der Waals surface area contributed by atoms with Gasteiger partial charge in [-0.2, -0.15) is 9.97 Å². The average Bonchev–Trinajstić information content (AvgIpc) is 3.03. The quantitative estimate of drug-likeness (QED) is 0.401. The predicted molar refractivity (Wildman–Crippen MR) is 154 cm³/mol. The van der Waals surface area contributed by atoms with Crippen molar-refractivity contribution in [2.75, 3.05) is 52.4 Å².